The number of halogens is 6. The number of aliphatic hydroxyl groups is 1. The number of benzene rings is 1. The first-order chi connectivity index (χ1) is 14.6. The van der Waals surface area contributed by atoms with Crippen molar-refractivity contribution in [3.05, 3.63) is 47.7 Å². The van der Waals surface area contributed by atoms with E-state index in [9.17, 15) is 31.4 Å². The average Bonchev–Trinajstić information content (AvgIpc) is 3.18. The lowest BCUT2D eigenvalue weighted by Gasteiger charge is -2.28. The van der Waals surface area contributed by atoms with Gasteiger partial charge in [0.05, 0.1) is 28.8 Å². The predicted molar refractivity (Wildman–Crippen MR) is 100 cm³/mol. The zero-order valence-electron chi connectivity index (χ0n) is 16.0. The van der Waals surface area contributed by atoms with Crippen molar-refractivity contribution >= 4 is 11.5 Å². The molecule has 0 aliphatic heterocycles. The lowest BCUT2D eigenvalue weighted by Crippen LogP contribution is -2.37. The second kappa shape index (κ2) is 7.70. The Bertz CT molecular complexity index is 1090. The van der Waals surface area contributed by atoms with Crippen LogP contribution in [0.3, 0.4) is 0 Å². The maximum absolute atomic E-state index is 13.6. The average molecular weight is 444 g/mol. The number of aromatic nitrogens is 3. The second-order valence-electron chi connectivity index (χ2n) is 7.49. The molecule has 0 amide bonds. The van der Waals surface area contributed by atoms with Gasteiger partial charge in [-0.15, -0.1) is 10.2 Å². The van der Waals surface area contributed by atoms with Gasteiger partial charge in [-0.05, 0) is 37.1 Å². The van der Waals surface area contributed by atoms with Gasteiger partial charge >= 0.3 is 12.4 Å². The number of alkyl halides is 6. The Balaban J connectivity index is 1.80. The molecule has 1 fully saturated rings. The van der Waals surface area contributed by atoms with Crippen LogP contribution in [0.25, 0.3) is 16.8 Å². The van der Waals surface area contributed by atoms with Crippen LogP contribution < -0.4 is 5.32 Å². The van der Waals surface area contributed by atoms with Crippen LogP contribution >= 0.6 is 0 Å². The van der Waals surface area contributed by atoms with E-state index in [2.05, 4.69) is 15.5 Å². The Hall–Kier alpha value is -2.82. The van der Waals surface area contributed by atoms with E-state index in [-0.39, 0.29) is 29.3 Å². The largest absolute Gasteiger partial charge is 0.417 e. The highest BCUT2D eigenvalue weighted by molar-refractivity contribution is 5.80. The molecule has 2 aromatic heterocycles. The van der Waals surface area contributed by atoms with E-state index in [1.54, 1.807) is 12.3 Å². The SMILES string of the molecule is O[C@H]1CCCC[C@@H]1Nc1nnc(-c2ccc(C(F)(F)F)cc2C(F)(F)F)c2cccn12. The van der Waals surface area contributed by atoms with Crippen molar-refractivity contribution in [1.29, 1.82) is 0 Å². The minimum Gasteiger partial charge on any atom is -0.391 e. The summed E-state index contributed by atoms with van der Waals surface area (Å²) in [7, 11) is 0. The molecule has 166 valence electrons. The van der Waals surface area contributed by atoms with Crippen molar-refractivity contribution in [2.45, 2.75) is 50.2 Å². The molecule has 2 heterocycles. The monoisotopic (exact) mass is 444 g/mol. The fourth-order valence-electron chi connectivity index (χ4n) is 3.85. The van der Waals surface area contributed by atoms with E-state index in [0.717, 1.165) is 18.9 Å². The molecule has 1 aliphatic carbocycles. The fraction of sp³-hybridized carbons (Fsp3) is 0.400. The Morgan fingerprint density at radius 3 is 2.39 bits per heavy atom. The van der Waals surface area contributed by atoms with Crippen LogP contribution in [0, 0.1) is 0 Å². The van der Waals surface area contributed by atoms with Crippen molar-refractivity contribution in [3.63, 3.8) is 0 Å². The lowest BCUT2D eigenvalue weighted by molar-refractivity contribution is -0.142. The molecule has 31 heavy (non-hydrogen) atoms. The fourth-order valence-corrected chi connectivity index (χ4v) is 3.85. The van der Waals surface area contributed by atoms with Crippen LogP contribution in [0.4, 0.5) is 32.3 Å². The van der Waals surface area contributed by atoms with Gasteiger partial charge in [-0.3, -0.25) is 4.40 Å². The molecule has 1 saturated carbocycles. The Labute approximate surface area is 172 Å². The molecule has 2 atom stereocenters. The van der Waals surface area contributed by atoms with E-state index >= 15 is 0 Å². The number of rotatable bonds is 3. The summed E-state index contributed by atoms with van der Waals surface area (Å²) in [5.74, 6) is 0.232. The molecule has 2 N–H and O–H groups in total. The van der Waals surface area contributed by atoms with Crippen molar-refractivity contribution in [1.82, 2.24) is 14.6 Å². The van der Waals surface area contributed by atoms with Crippen molar-refractivity contribution < 1.29 is 31.4 Å². The smallest absolute Gasteiger partial charge is 0.391 e. The molecule has 5 nitrogen and oxygen atoms in total. The summed E-state index contributed by atoms with van der Waals surface area (Å²) in [5, 5.41) is 21.1. The third kappa shape index (κ3) is 4.18. The van der Waals surface area contributed by atoms with Crippen molar-refractivity contribution in [3.8, 4) is 11.3 Å². The third-order valence-corrected chi connectivity index (χ3v) is 5.42. The number of hydrogen-bond acceptors (Lipinski definition) is 4. The van der Waals surface area contributed by atoms with Crippen molar-refractivity contribution in [2.75, 3.05) is 5.32 Å². The van der Waals surface area contributed by atoms with Crippen LogP contribution in [0.5, 0.6) is 0 Å². The summed E-state index contributed by atoms with van der Waals surface area (Å²) in [6.45, 7) is 0. The Morgan fingerprint density at radius 1 is 0.968 bits per heavy atom. The predicted octanol–water partition coefficient (Wildman–Crippen LogP) is 5.15. The second-order valence-corrected chi connectivity index (χ2v) is 7.49. The summed E-state index contributed by atoms with van der Waals surface area (Å²) in [6, 6.07) is 4.24. The molecular formula is C20H18F6N4O. The molecule has 0 unspecified atom stereocenters. The molecule has 3 aromatic rings. The molecule has 0 bridgehead atoms. The van der Waals surface area contributed by atoms with Gasteiger partial charge in [-0.1, -0.05) is 18.9 Å². The van der Waals surface area contributed by atoms with E-state index in [0.29, 0.717) is 18.9 Å². The van der Waals surface area contributed by atoms with Gasteiger partial charge in [-0.2, -0.15) is 26.3 Å². The molecule has 0 saturated heterocycles. The van der Waals surface area contributed by atoms with Gasteiger partial charge in [0.25, 0.3) is 0 Å². The first-order valence-corrected chi connectivity index (χ1v) is 9.63. The number of hydrogen-bond donors (Lipinski definition) is 2. The number of anilines is 1. The van der Waals surface area contributed by atoms with Gasteiger partial charge < -0.3 is 10.4 Å². The molecule has 1 aromatic carbocycles. The summed E-state index contributed by atoms with van der Waals surface area (Å²) in [4.78, 5) is 0. The first kappa shape index (κ1) is 21.4. The summed E-state index contributed by atoms with van der Waals surface area (Å²) < 4.78 is 81.2. The molecular weight excluding hydrogens is 426 g/mol. The topological polar surface area (TPSA) is 62.5 Å². The standard InChI is InChI=1S/C20H18F6N4O/c21-19(22,23)11-7-8-12(13(10-11)20(24,25)26)17-15-5-3-9-30(15)18(29-28-17)27-14-4-1-2-6-16(14)31/h3,5,7-10,14,16,31H,1-2,4,6H2,(H,27,29)/t14-,16-/m0/s1. The van der Waals surface area contributed by atoms with Gasteiger partial charge in [0.2, 0.25) is 5.95 Å². The van der Waals surface area contributed by atoms with E-state index in [1.807, 2.05) is 0 Å². The highest BCUT2D eigenvalue weighted by Gasteiger charge is 2.39. The number of nitrogens with one attached hydrogen (secondary N) is 1. The maximum atomic E-state index is 13.6. The highest BCUT2D eigenvalue weighted by atomic mass is 19.4. The summed E-state index contributed by atoms with van der Waals surface area (Å²) in [6.07, 6.45) is -5.83. The minimum atomic E-state index is -5.02. The van der Waals surface area contributed by atoms with Gasteiger partial charge in [-0.25, -0.2) is 0 Å². The van der Waals surface area contributed by atoms with Gasteiger partial charge in [0.1, 0.15) is 5.69 Å². The zero-order valence-corrected chi connectivity index (χ0v) is 16.0. The van der Waals surface area contributed by atoms with Crippen LogP contribution in [0.2, 0.25) is 0 Å². The summed E-state index contributed by atoms with van der Waals surface area (Å²) >= 11 is 0. The minimum absolute atomic E-state index is 0.0843. The molecule has 4 rings (SSSR count). The van der Waals surface area contributed by atoms with Gasteiger partial charge in [0, 0.05) is 11.8 Å². The van der Waals surface area contributed by atoms with Crippen LogP contribution in [0.15, 0.2) is 36.5 Å². The number of aliphatic hydroxyl groups excluding tert-OH is 1. The van der Waals surface area contributed by atoms with E-state index in [1.165, 1.54) is 10.5 Å². The highest BCUT2D eigenvalue weighted by Crippen LogP contribution is 2.41. The van der Waals surface area contributed by atoms with Crippen molar-refractivity contribution in [2.24, 2.45) is 0 Å². The normalized spacial score (nSPS) is 20.2. The zero-order chi connectivity index (χ0) is 22.4. The van der Waals surface area contributed by atoms with Crippen LogP contribution in [-0.4, -0.2) is 31.9 Å². The third-order valence-electron chi connectivity index (χ3n) is 5.42. The maximum Gasteiger partial charge on any atom is 0.417 e. The molecule has 0 spiro atoms. The molecule has 0 radical (unpaired) electrons. The van der Waals surface area contributed by atoms with Crippen LogP contribution in [-0.2, 0) is 12.4 Å². The van der Waals surface area contributed by atoms with E-state index in [4.69, 9.17) is 0 Å². The number of nitrogens with zero attached hydrogens (tertiary/aromatic N) is 3. The Kier molecular flexibility index (Phi) is 5.32. The van der Waals surface area contributed by atoms with Gasteiger partial charge in [0.15, 0.2) is 0 Å². The Morgan fingerprint density at radius 2 is 1.71 bits per heavy atom. The van der Waals surface area contributed by atoms with E-state index < -0.39 is 35.1 Å². The quantitative estimate of drug-likeness (QED) is 0.549. The molecule has 1 aliphatic rings. The first-order valence-electron chi connectivity index (χ1n) is 9.63. The lowest BCUT2D eigenvalue weighted by atomic mass is 9.93. The van der Waals surface area contributed by atoms with Crippen LogP contribution in [0.1, 0.15) is 36.8 Å². The molecule has 11 heteroatoms. The number of fused-ring (bicyclic) bond motifs is 1. The summed E-state index contributed by atoms with van der Waals surface area (Å²) in [5.41, 5.74) is -3.29.